The molecule has 2 rings (SSSR count). The van der Waals surface area contributed by atoms with Crippen molar-refractivity contribution in [3.05, 3.63) is 12.2 Å². The first-order chi connectivity index (χ1) is 7.81. The summed E-state index contributed by atoms with van der Waals surface area (Å²) in [6.45, 7) is 14.1. The van der Waals surface area contributed by atoms with Gasteiger partial charge in [0.1, 0.15) is 0 Å². The standard InChI is InChI=1S/C14H27NOSi/c1-14(2,3)17(4,5)16-13-9-11-15-10-7-6-8-12(13)15/h6,8,12-13H,7,9-11H2,1-5H3/t12-,13-/m1/s1. The van der Waals surface area contributed by atoms with Crippen LogP contribution in [0.3, 0.4) is 0 Å². The number of nitrogens with zero attached hydrogens (tertiary/aromatic N) is 1. The molecule has 3 heteroatoms. The van der Waals surface area contributed by atoms with Crippen LogP contribution in [0.15, 0.2) is 12.2 Å². The van der Waals surface area contributed by atoms with Gasteiger partial charge in [-0.1, -0.05) is 32.9 Å². The largest absolute Gasteiger partial charge is 0.412 e. The molecule has 2 atom stereocenters. The lowest BCUT2D eigenvalue weighted by Gasteiger charge is -2.40. The minimum atomic E-state index is -1.61. The summed E-state index contributed by atoms with van der Waals surface area (Å²) in [7, 11) is -1.61. The summed E-state index contributed by atoms with van der Waals surface area (Å²) in [6.07, 6.45) is 7.56. The van der Waals surface area contributed by atoms with E-state index in [9.17, 15) is 0 Å². The van der Waals surface area contributed by atoms with Crippen molar-refractivity contribution in [3.63, 3.8) is 0 Å². The third-order valence-electron chi connectivity index (χ3n) is 4.67. The quantitative estimate of drug-likeness (QED) is 0.552. The molecule has 0 radical (unpaired) electrons. The zero-order valence-corrected chi connectivity index (χ0v) is 13.0. The van der Waals surface area contributed by atoms with Crippen molar-refractivity contribution >= 4 is 8.32 Å². The predicted octanol–water partition coefficient (Wildman–Crippen LogP) is 3.41. The van der Waals surface area contributed by atoms with Gasteiger partial charge in [-0.2, -0.15) is 0 Å². The van der Waals surface area contributed by atoms with Crippen molar-refractivity contribution < 1.29 is 4.43 Å². The van der Waals surface area contributed by atoms with E-state index in [4.69, 9.17) is 4.43 Å². The smallest absolute Gasteiger partial charge is 0.192 e. The lowest BCUT2D eigenvalue weighted by atomic mass is 10.1. The van der Waals surface area contributed by atoms with E-state index in [2.05, 4.69) is 50.9 Å². The zero-order valence-electron chi connectivity index (χ0n) is 12.0. The number of fused-ring (bicyclic) bond motifs is 1. The van der Waals surface area contributed by atoms with E-state index in [0.29, 0.717) is 17.2 Å². The van der Waals surface area contributed by atoms with Gasteiger partial charge < -0.3 is 4.43 Å². The van der Waals surface area contributed by atoms with Gasteiger partial charge in [0.25, 0.3) is 0 Å². The van der Waals surface area contributed by atoms with Crippen molar-refractivity contribution in [1.29, 1.82) is 0 Å². The van der Waals surface area contributed by atoms with Gasteiger partial charge in [0.05, 0.1) is 12.1 Å². The Morgan fingerprint density at radius 3 is 2.59 bits per heavy atom. The van der Waals surface area contributed by atoms with Crippen LogP contribution in [-0.4, -0.2) is 38.5 Å². The number of rotatable bonds is 2. The molecule has 0 spiro atoms. The van der Waals surface area contributed by atoms with E-state index < -0.39 is 8.32 Å². The van der Waals surface area contributed by atoms with Crippen LogP contribution in [0.2, 0.25) is 18.1 Å². The highest BCUT2D eigenvalue weighted by atomic mass is 28.4. The predicted molar refractivity (Wildman–Crippen MR) is 75.8 cm³/mol. The van der Waals surface area contributed by atoms with Crippen LogP contribution in [0.25, 0.3) is 0 Å². The molecule has 98 valence electrons. The van der Waals surface area contributed by atoms with Crippen LogP contribution < -0.4 is 0 Å². The normalized spacial score (nSPS) is 30.6. The monoisotopic (exact) mass is 253 g/mol. The summed E-state index contributed by atoms with van der Waals surface area (Å²) in [5.74, 6) is 0. The van der Waals surface area contributed by atoms with Crippen LogP contribution in [0.5, 0.6) is 0 Å². The Morgan fingerprint density at radius 2 is 1.94 bits per heavy atom. The minimum Gasteiger partial charge on any atom is -0.412 e. The zero-order chi connectivity index (χ0) is 12.7. The maximum absolute atomic E-state index is 6.58. The molecule has 2 heterocycles. The van der Waals surface area contributed by atoms with Crippen LogP contribution in [-0.2, 0) is 4.43 Å². The van der Waals surface area contributed by atoms with Crippen LogP contribution in [0.1, 0.15) is 33.6 Å². The topological polar surface area (TPSA) is 12.5 Å². The molecule has 1 saturated heterocycles. The number of hydrogen-bond acceptors (Lipinski definition) is 2. The molecule has 2 nitrogen and oxygen atoms in total. The van der Waals surface area contributed by atoms with Crippen molar-refractivity contribution in [2.45, 2.75) is 63.9 Å². The first kappa shape index (κ1) is 13.3. The Balaban J connectivity index is 2.05. The maximum atomic E-state index is 6.58. The summed E-state index contributed by atoms with van der Waals surface area (Å²) >= 11 is 0. The number of hydrogen-bond donors (Lipinski definition) is 0. The van der Waals surface area contributed by atoms with Crippen molar-refractivity contribution in [1.82, 2.24) is 4.90 Å². The first-order valence-corrected chi connectivity index (χ1v) is 9.81. The second-order valence-corrected chi connectivity index (χ2v) is 11.7. The molecule has 0 unspecified atom stereocenters. The van der Waals surface area contributed by atoms with E-state index in [1.165, 1.54) is 25.9 Å². The van der Waals surface area contributed by atoms with Crippen LogP contribution in [0, 0.1) is 0 Å². The molecule has 2 aliphatic rings. The molecular formula is C14H27NOSi. The van der Waals surface area contributed by atoms with E-state index in [0.717, 1.165) is 0 Å². The van der Waals surface area contributed by atoms with E-state index >= 15 is 0 Å². The third-order valence-corrected chi connectivity index (χ3v) is 9.18. The summed E-state index contributed by atoms with van der Waals surface area (Å²) in [5.41, 5.74) is 0. The van der Waals surface area contributed by atoms with E-state index in [1.807, 2.05) is 0 Å². The Hall–Kier alpha value is -0.123. The van der Waals surface area contributed by atoms with Gasteiger partial charge in [0.15, 0.2) is 8.32 Å². The summed E-state index contributed by atoms with van der Waals surface area (Å²) < 4.78 is 6.58. The molecule has 0 aromatic carbocycles. The summed E-state index contributed by atoms with van der Waals surface area (Å²) in [6, 6.07) is 0.554. The van der Waals surface area contributed by atoms with Gasteiger partial charge in [-0.05, 0) is 31.0 Å². The highest BCUT2D eigenvalue weighted by Gasteiger charge is 2.43. The fraction of sp³-hybridized carbons (Fsp3) is 0.857. The first-order valence-electron chi connectivity index (χ1n) is 6.90. The van der Waals surface area contributed by atoms with E-state index in [1.54, 1.807) is 0 Å². The highest BCUT2D eigenvalue weighted by Crippen LogP contribution is 2.39. The minimum absolute atomic E-state index is 0.318. The van der Waals surface area contributed by atoms with Gasteiger partial charge in [-0.25, -0.2) is 0 Å². The fourth-order valence-electron chi connectivity index (χ4n) is 2.51. The Bertz CT molecular complexity index is 306. The van der Waals surface area contributed by atoms with Crippen molar-refractivity contribution in [3.8, 4) is 0 Å². The maximum Gasteiger partial charge on any atom is 0.192 e. The molecule has 0 bridgehead atoms. The molecule has 0 N–H and O–H groups in total. The third kappa shape index (κ3) is 2.66. The molecule has 2 aliphatic heterocycles. The second kappa shape index (κ2) is 4.52. The van der Waals surface area contributed by atoms with Gasteiger partial charge in [-0.15, -0.1) is 0 Å². The van der Waals surface area contributed by atoms with Gasteiger partial charge >= 0.3 is 0 Å². The van der Waals surface area contributed by atoms with Gasteiger partial charge in [-0.3, -0.25) is 4.90 Å². The molecule has 0 aromatic heterocycles. The average Bonchev–Trinajstić information content (AvgIpc) is 2.60. The van der Waals surface area contributed by atoms with Crippen LogP contribution in [0.4, 0.5) is 0 Å². The molecular weight excluding hydrogens is 226 g/mol. The van der Waals surface area contributed by atoms with Gasteiger partial charge in [0.2, 0.25) is 0 Å². The summed E-state index contributed by atoms with van der Waals surface area (Å²) in [5, 5.41) is 0.318. The molecule has 0 aliphatic carbocycles. The summed E-state index contributed by atoms with van der Waals surface area (Å²) in [4.78, 5) is 2.58. The van der Waals surface area contributed by atoms with Crippen molar-refractivity contribution in [2.75, 3.05) is 13.1 Å². The molecule has 0 amide bonds. The molecule has 1 fully saturated rings. The Morgan fingerprint density at radius 1 is 1.24 bits per heavy atom. The SMILES string of the molecule is CC(C)(C)[Si](C)(C)O[C@@H]1CCN2CCC=C[C@H]12. The lowest BCUT2D eigenvalue weighted by molar-refractivity contribution is 0.144. The second-order valence-electron chi connectivity index (χ2n) is 6.95. The van der Waals surface area contributed by atoms with Crippen LogP contribution >= 0.6 is 0 Å². The van der Waals surface area contributed by atoms with Gasteiger partial charge in [0, 0.05) is 13.1 Å². The lowest BCUT2D eigenvalue weighted by Crippen LogP contribution is -2.47. The molecule has 0 saturated carbocycles. The molecule has 17 heavy (non-hydrogen) atoms. The van der Waals surface area contributed by atoms with Crippen molar-refractivity contribution in [2.24, 2.45) is 0 Å². The Kier molecular flexibility index (Phi) is 3.54. The average molecular weight is 253 g/mol. The fourth-order valence-corrected chi connectivity index (χ4v) is 3.88. The van der Waals surface area contributed by atoms with E-state index in [-0.39, 0.29) is 0 Å². The highest BCUT2D eigenvalue weighted by molar-refractivity contribution is 6.74. The molecule has 0 aromatic rings. The Labute approximate surface area is 107 Å².